The van der Waals surface area contributed by atoms with Gasteiger partial charge in [-0.2, -0.15) is 0 Å². The number of nitrogens with zero attached hydrogens (tertiary/aromatic N) is 1. The number of hydrogen-bond donors (Lipinski definition) is 3. The molecule has 2 aromatic rings. The van der Waals surface area contributed by atoms with Crippen LogP contribution in [-0.2, 0) is 16.1 Å². The number of benzene rings is 2. The van der Waals surface area contributed by atoms with Crippen LogP contribution in [0.5, 0.6) is 5.75 Å². The van der Waals surface area contributed by atoms with Crippen molar-refractivity contribution < 1.29 is 28.5 Å². The van der Waals surface area contributed by atoms with Gasteiger partial charge >= 0.3 is 5.97 Å². The highest BCUT2D eigenvalue weighted by molar-refractivity contribution is 7.80. The van der Waals surface area contributed by atoms with Crippen molar-refractivity contribution in [1.82, 2.24) is 0 Å². The van der Waals surface area contributed by atoms with Crippen LogP contribution in [0, 0.1) is 0 Å². The molecule has 0 amide bonds. The highest BCUT2D eigenvalue weighted by Gasteiger charge is 2.34. The van der Waals surface area contributed by atoms with Gasteiger partial charge in [0, 0.05) is 0 Å². The summed E-state index contributed by atoms with van der Waals surface area (Å²) in [6.45, 7) is 1.25. The third-order valence-corrected chi connectivity index (χ3v) is 4.45. The van der Waals surface area contributed by atoms with Crippen LogP contribution < -0.4 is 9.04 Å². The SMILES string of the molecule is COc1ccc(-c2ccc(N(C(C(=O)O)C(C)O)S(=O)O)cc2)cc1. The van der Waals surface area contributed by atoms with Gasteiger partial charge in [0.05, 0.1) is 18.9 Å². The van der Waals surface area contributed by atoms with E-state index in [2.05, 4.69) is 0 Å². The molecular weight excluding hydrogens is 346 g/mol. The molecule has 0 saturated heterocycles. The third kappa shape index (κ3) is 4.36. The van der Waals surface area contributed by atoms with Gasteiger partial charge in [0.15, 0.2) is 6.04 Å². The zero-order valence-corrected chi connectivity index (χ0v) is 14.5. The Balaban J connectivity index is 2.34. The van der Waals surface area contributed by atoms with Crippen LogP contribution in [0.3, 0.4) is 0 Å². The number of carboxylic acids is 1. The zero-order chi connectivity index (χ0) is 18.6. The molecule has 0 bridgehead atoms. The number of hydrogen-bond acceptors (Lipinski definition) is 4. The van der Waals surface area contributed by atoms with E-state index in [-0.39, 0.29) is 5.69 Å². The number of aliphatic hydroxyl groups excluding tert-OH is 1. The molecule has 0 aliphatic heterocycles. The normalized spacial score (nSPS) is 14.4. The number of rotatable bonds is 7. The number of anilines is 1. The Kier molecular flexibility index (Phi) is 6.13. The van der Waals surface area contributed by atoms with E-state index in [9.17, 15) is 23.8 Å². The van der Waals surface area contributed by atoms with Gasteiger partial charge in [-0.1, -0.05) is 24.3 Å². The summed E-state index contributed by atoms with van der Waals surface area (Å²) >= 11 is -2.61. The summed E-state index contributed by atoms with van der Waals surface area (Å²) in [5.41, 5.74) is 1.97. The molecule has 0 saturated carbocycles. The van der Waals surface area contributed by atoms with E-state index in [1.807, 2.05) is 24.3 Å². The predicted octanol–water partition coefficient (Wildman–Crippen LogP) is 2.14. The molecule has 3 unspecified atom stereocenters. The van der Waals surface area contributed by atoms with Gasteiger partial charge in [-0.25, -0.2) is 9.00 Å². The number of methoxy groups -OCH3 is 1. The van der Waals surface area contributed by atoms with Crippen LogP contribution in [0.15, 0.2) is 48.5 Å². The van der Waals surface area contributed by atoms with Gasteiger partial charge in [-0.15, -0.1) is 0 Å². The number of aliphatic carboxylic acids is 1. The Hall–Kier alpha value is -2.42. The summed E-state index contributed by atoms with van der Waals surface area (Å²) in [5.74, 6) is -0.667. The first-order valence-corrected chi connectivity index (χ1v) is 8.47. The molecule has 0 aromatic heterocycles. The molecule has 0 spiro atoms. The second-order valence-electron chi connectivity index (χ2n) is 5.36. The van der Waals surface area contributed by atoms with E-state index < -0.39 is 29.4 Å². The van der Waals surface area contributed by atoms with Crippen molar-refractivity contribution in [2.75, 3.05) is 11.4 Å². The van der Waals surface area contributed by atoms with Crippen molar-refractivity contribution >= 4 is 22.9 Å². The maximum atomic E-state index is 11.6. The zero-order valence-electron chi connectivity index (χ0n) is 13.7. The minimum Gasteiger partial charge on any atom is -0.497 e. The highest BCUT2D eigenvalue weighted by Crippen LogP contribution is 2.27. The van der Waals surface area contributed by atoms with Crippen molar-refractivity contribution in [3.8, 4) is 16.9 Å². The third-order valence-electron chi connectivity index (χ3n) is 3.68. The lowest BCUT2D eigenvalue weighted by Gasteiger charge is -2.28. The average molecular weight is 365 g/mol. The fourth-order valence-electron chi connectivity index (χ4n) is 2.43. The average Bonchev–Trinajstić information content (AvgIpc) is 2.59. The Morgan fingerprint density at radius 3 is 1.92 bits per heavy atom. The Labute approximate surface area is 147 Å². The summed E-state index contributed by atoms with van der Waals surface area (Å²) in [6.07, 6.45) is -1.34. The smallest absolute Gasteiger partial charge is 0.330 e. The van der Waals surface area contributed by atoms with Crippen molar-refractivity contribution in [3.05, 3.63) is 48.5 Å². The van der Waals surface area contributed by atoms with Gasteiger partial charge in [-0.05, 0) is 42.3 Å². The molecule has 25 heavy (non-hydrogen) atoms. The summed E-state index contributed by atoms with van der Waals surface area (Å²) in [4.78, 5) is 11.3. The summed E-state index contributed by atoms with van der Waals surface area (Å²) in [5, 5.41) is 18.9. The second-order valence-corrected chi connectivity index (χ2v) is 6.21. The number of carbonyl (C=O) groups is 1. The van der Waals surface area contributed by atoms with Gasteiger partial charge in [0.2, 0.25) is 0 Å². The highest BCUT2D eigenvalue weighted by atomic mass is 32.2. The molecule has 0 heterocycles. The molecule has 0 aliphatic carbocycles. The fraction of sp³-hybridized carbons (Fsp3) is 0.235. The van der Waals surface area contributed by atoms with Gasteiger partial charge in [-0.3, -0.25) is 8.86 Å². The molecular formula is C17H19NO6S. The topological polar surface area (TPSA) is 107 Å². The van der Waals surface area contributed by atoms with Crippen LogP contribution in [0.2, 0.25) is 0 Å². The first-order valence-electron chi connectivity index (χ1n) is 7.40. The van der Waals surface area contributed by atoms with E-state index in [1.165, 1.54) is 19.1 Å². The minimum absolute atomic E-state index is 0.214. The number of carboxylic acid groups (broad SMARTS) is 1. The van der Waals surface area contributed by atoms with Crippen LogP contribution in [0.4, 0.5) is 5.69 Å². The summed E-state index contributed by atoms with van der Waals surface area (Å²) in [7, 11) is 1.58. The van der Waals surface area contributed by atoms with Crippen LogP contribution in [-0.4, -0.2) is 44.2 Å². The van der Waals surface area contributed by atoms with Gasteiger partial charge in [0.1, 0.15) is 5.75 Å². The fourth-order valence-corrected chi connectivity index (χ4v) is 3.20. The number of aliphatic hydroxyl groups is 1. The van der Waals surface area contributed by atoms with E-state index in [4.69, 9.17) is 4.74 Å². The first-order chi connectivity index (χ1) is 11.8. The van der Waals surface area contributed by atoms with E-state index in [1.54, 1.807) is 19.2 Å². The Morgan fingerprint density at radius 2 is 1.56 bits per heavy atom. The maximum Gasteiger partial charge on any atom is 0.330 e. The number of ether oxygens (including phenoxy) is 1. The van der Waals surface area contributed by atoms with E-state index in [0.717, 1.165) is 21.2 Å². The molecule has 3 N–H and O–H groups in total. The quantitative estimate of drug-likeness (QED) is 0.649. The van der Waals surface area contributed by atoms with Crippen LogP contribution in [0.25, 0.3) is 11.1 Å². The Bertz CT molecular complexity index is 745. The van der Waals surface area contributed by atoms with Gasteiger partial charge in [0.25, 0.3) is 11.3 Å². The molecule has 0 radical (unpaired) electrons. The first kappa shape index (κ1) is 18.9. The Morgan fingerprint density at radius 1 is 1.08 bits per heavy atom. The molecule has 134 valence electrons. The molecule has 3 atom stereocenters. The van der Waals surface area contributed by atoms with Crippen LogP contribution in [0.1, 0.15) is 6.92 Å². The molecule has 2 aromatic carbocycles. The lowest BCUT2D eigenvalue weighted by Crippen LogP contribution is -2.49. The molecule has 0 aliphatic rings. The largest absolute Gasteiger partial charge is 0.497 e. The molecule has 0 fully saturated rings. The monoisotopic (exact) mass is 365 g/mol. The van der Waals surface area contributed by atoms with Crippen molar-refractivity contribution in [2.45, 2.75) is 19.1 Å². The lowest BCUT2D eigenvalue weighted by atomic mass is 10.0. The molecule has 7 nitrogen and oxygen atoms in total. The predicted molar refractivity (Wildman–Crippen MR) is 94.8 cm³/mol. The molecule has 2 rings (SSSR count). The summed E-state index contributed by atoms with van der Waals surface area (Å²) in [6, 6.07) is 12.3. The van der Waals surface area contributed by atoms with E-state index in [0.29, 0.717) is 0 Å². The minimum atomic E-state index is -2.61. The van der Waals surface area contributed by atoms with E-state index >= 15 is 0 Å². The van der Waals surface area contributed by atoms with Crippen LogP contribution >= 0.6 is 0 Å². The molecule has 8 heteroatoms. The van der Waals surface area contributed by atoms with Crippen molar-refractivity contribution in [3.63, 3.8) is 0 Å². The summed E-state index contributed by atoms with van der Waals surface area (Å²) < 4.78 is 27.0. The van der Waals surface area contributed by atoms with Crippen molar-refractivity contribution in [2.24, 2.45) is 0 Å². The second kappa shape index (κ2) is 8.11. The lowest BCUT2D eigenvalue weighted by molar-refractivity contribution is -0.140. The standard InChI is InChI=1S/C17H19NO6S/c1-11(19)16(17(20)21)18(25(22)23)14-7-3-12(4-8-14)13-5-9-15(24-2)10-6-13/h3-11,16,19H,1-2H3,(H,20,21)(H,22,23). The van der Waals surface area contributed by atoms with Crippen molar-refractivity contribution in [1.29, 1.82) is 0 Å². The van der Waals surface area contributed by atoms with Gasteiger partial charge < -0.3 is 14.9 Å². The maximum absolute atomic E-state index is 11.6.